The number of aryl methyl sites for hydroxylation is 2. The number of rotatable bonds is 13. The number of methoxy groups -OCH3 is 1. The maximum absolute atomic E-state index is 13.8. The molecule has 270 valence electrons. The smallest absolute Gasteiger partial charge is 0.337 e. The zero-order valence-electron chi connectivity index (χ0n) is 29.3. The molecule has 1 fully saturated rings. The summed E-state index contributed by atoms with van der Waals surface area (Å²) in [7, 11) is -2.48. The molecule has 0 unspecified atom stereocenters. The van der Waals surface area contributed by atoms with Crippen LogP contribution in [-0.4, -0.2) is 68.3 Å². The number of benzene rings is 4. The Morgan fingerprint density at radius 1 is 0.808 bits per heavy atom. The van der Waals surface area contributed by atoms with E-state index in [0.717, 1.165) is 56.3 Å². The quantitative estimate of drug-likeness (QED) is 0.103. The number of carbonyl (C=O) groups excluding carboxylic acids is 3. The van der Waals surface area contributed by atoms with Crippen molar-refractivity contribution in [3.8, 4) is 0 Å². The van der Waals surface area contributed by atoms with Gasteiger partial charge in [0, 0.05) is 34.7 Å². The fraction of sp³-hybridized carbons (Fsp3) is 0.275. The number of aromatic nitrogens is 1. The molecule has 1 saturated heterocycles. The predicted molar refractivity (Wildman–Crippen MR) is 202 cm³/mol. The molecule has 1 aliphatic heterocycles. The van der Waals surface area contributed by atoms with Gasteiger partial charge < -0.3 is 25.7 Å². The second-order valence-corrected chi connectivity index (χ2v) is 14.7. The van der Waals surface area contributed by atoms with Crippen LogP contribution >= 0.6 is 0 Å². The molecule has 0 radical (unpaired) electrons. The lowest BCUT2D eigenvalue weighted by molar-refractivity contribution is 0.0600. The van der Waals surface area contributed by atoms with Gasteiger partial charge in [0.05, 0.1) is 23.1 Å². The highest BCUT2D eigenvalue weighted by molar-refractivity contribution is 7.89. The predicted octanol–water partition coefficient (Wildman–Crippen LogP) is 6.40. The number of hydrogen-bond acceptors (Lipinski definition) is 7. The maximum Gasteiger partial charge on any atom is 0.337 e. The lowest BCUT2D eigenvalue weighted by Crippen LogP contribution is -2.45. The Kier molecular flexibility index (Phi) is 11.5. The third-order valence-corrected chi connectivity index (χ3v) is 11.4. The van der Waals surface area contributed by atoms with Crippen molar-refractivity contribution in [3.05, 3.63) is 125 Å². The Hall–Kier alpha value is -5.30. The molecule has 2 heterocycles. The van der Waals surface area contributed by atoms with Gasteiger partial charge in [0.1, 0.15) is 5.82 Å². The third-order valence-electron chi connectivity index (χ3n) is 9.42. The normalized spacial score (nSPS) is 13.6. The van der Waals surface area contributed by atoms with Crippen LogP contribution in [-0.2, 0) is 27.6 Å². The molecule has 4 N–H and O–H groups in total. The number of para-hydroxylation sites is 1. The van der Waals surface area contributed by atoms with Gasteiger partial charge in [-0.15, -0.1) is 0 Å². The molecule has 52 heavy (non-hydrogen) atoms. The number of esters is 1. The lowest BCUT2D eigenvalue weighted by Gasteiger charge is -2.33. The summed E-state index contributed by atoms with van der Waals surface area (Å²) in [6.07, 6.45) is 4.04. The Balaban J connectivity index is 1.13. The summed E-state index contributed by atoms with van der Waals surface area (Å²) in [6, 6.07) is 28.2. The summed E-state index contributed by atoms with van der Waals surface area (Å²) in [5, 5.41) is 9.69. The fourth-order valence-corrected chi connectivity index (χ4v) is 8.42. The molecule has 6 rings (SSSR count). The monoisotopic (exact) mass is 721 g/mol. The second kappa shape index (κ2) is 16.4. The maximum atomic E-state index is 13.8. The molecular formula is C40H43N5O6S. The first-order chi connectivity index (χ1) is 25.2. The number of anilines is 2. The molecule has 0 bridgehead atoms. The minimum absolute atomic E-state index is 0.0490. The van der Waals surface area contributed by atoms with E-state index in [1.807, 2.05) is 61.5 Å². The van der Waals surface area contributed by atoms with Crippen molar-refractivity contribution in [2.45, 2.75) is 50.0 Å². The molecule has 1 aromatic heterocycles. The van der Waals surface area contributed by atoms with Crippen LogP contribution < -0.4 is 16.0 Å². The summed E-state index contributed by atoms with van der Waals surface area (Å²) in [5.41, 5.74) is 4.45. The number of amides is 2. The number of piperidine rings is 1. The number of H-pyrrole nitrogens is 1. The number of ether oxygens (including phenoxy) is 1. The van der Waals surface area contributed by atoms with E-state index in [1.165, 1.54) is 23.5 Å². The van der Waals surface area contributed by atoms with Crippen molar-refractivity contribution in [2.24, 2.45) is 0 Å². The Morgan fingerprint density at radius 3 is 2.15 bits per heavy atom. The first-order valence-electron chi connectivity index (χ1n) is 17.5. The molecular weight excluding hydrogens is 679 g/mol. The van der Waals surface area contributed by atoms with Crippen molar-refractivity contribution in [3.63, 3.8) is 0 Å². The van der Waals surface area contributed by atoms with E-state index in [4.69, 9.17) is 4.74 Å². The number of sulfonamides is 1. The van der Waals surface area contributed by atoms with Gasteiger partial charge in [-0.1, -0.05) is 55.5 Å². The highest BCUT2D eigenvalue weighted by Crippen LogP contribution is 2.29. The summed E-state index contributed by atoms with van der Waals surface area (Å²) in [4.78, 5) is 42.3. The highest BCUT2D eigenvalue weighted by atomic mass is 32.2. The van der Waals surface area contributed by atoms with Gasteiger partial charge in [-0.2, -0.15) is 4.31 Å². The summed E-state index contributed by atoms with van der Waals surface area (Å²) in [6.45, 7) is 3.66. The Bertz CT molecular complexity index is 2160. The minimum atomic E-state index is -3.84. The van der Waals surface area contributed by atoms with Gasteiger partial charge in [0.25, 0.3) is 11.8 Å². The molecule has 11 nitrogen and oxygen atoms in total. The van der Waals surface area contributed by atoms with Crippen LogP contribution in [0.1, 0.15) is 68.4 Å². The molecule has 2 amide bonds. The number of nitrogens with one attached hydrogen (secondary N) is 4. The van der Waals surface area contributed by atoms with Crippen molar-refractivity contribution < 1.29 is 27.5 Å². The summed E-state index contributed by atoms with van der Waals surface area (Å²) >= 11 is 0. The molecule has 5 aromatic rings. The fourth-order valence-electron chi connectivity index (χ4n) is 6.68. The number of nitrogens with zero attached hydrogens (tertiary/aromatic N) is 1. The van der Waals surface area contributed by atoms with E-state index in [1.54, 1.807) is 30.3 Å². The van der Waals surface area contributed by atoms with Crippen molar-refractivity contribution >= 4 is 50.2 Å². The van der Waals surface area contributed by atoms with Crippen LogP contribution in [0.4, 0.5) is 11.5 Å². The van der Waals surface area contributed by atoms with E-state index in [2.05, 4.69) is 20.9 Å². The average molecular weight is 722 g/mol. The third kappa shape index (κ3) is 8.25. The standard InChI is InChI=1S/C40H43N5O6S/c1-3-45(32-22-24-41-25-23-32)52(49,50)33-11-7-10-30(26-33)38(46)44-37-36(34-12-4-5-13-35(34)43-37)39(47)42-31-20-16-28(17-21-31)9-6-8-27-14-18-29(19-15-27)40(48)51-2/h4-5,7,10-21,26,32,41,43H,3,6,8-9,22-25H2,1-2H3,(H,42,47)(H,44,46). The SMILES string of the molecule is CCN(C1CCNCC1)S(=O)(=O)c1cccc(C(=O)Nc2[nH]c3ccccc3c2C(=O)Nc2ccc(CCCc3ccc(C(=O)OC)cc3)cc2)c1. The number of hydrogen-bond donors (Lipinski definition) is 4. The van der Waals surface area contributed by atoms with Crippen molar-refractivity contribution in [1.82, 2.24) is 14.6 Å². The largest absolute Gasteiger partial charge is 0.465 e. The van der Waals surface area contributed by atoms with E-state index >= 15 is 0 Å². The van der Waals surface area contributed by atoms with Gasteiger partial charge >= 0.3 is 5.97 Å². The van der Waals surface area contributed by atoms with Crippen LogP contribution in [0.15, 0.2) is 102 Å². The van der Waals surface area contributed by atoms with Gasteiger partial charge in [0.2, 0.25) is 10.0 Å². The first kappa shape index (κ1) is 36.5. The Morgan fingerprint density at radius 2 is 1.48 bits per heavy atom. The van der Waals surface area contributed by atoms with Crippen molar-refractivity contribution in [2.75, 3.05) is 37.4 Å². The van der Waals surface area contributed by atoms with Gasteiger partial charge in [-0.3, -0.25) is 9.59 Å². The molecule has 4 aromatic carbocycles. The zero-order chi connectivity index (χ0) is 36.7. The topological polar surface area (TPSA) is 150 Å². The lowest BCUT2D eigenvalue weighted by atomic mass is 10.0. The van der Waals surface area contributed by atoms with E-state index in [0.29, 0.717) is 28.7 Å². The Labute approximate surface area is 303 Å². The van der Waals surface area contributed by atoms with Crippen LogP contribution in [0.3, 0.4) is 0 Å². The zero-order valence-corrected chi connectivity index (χ0v) is 30.1. The van der Waals surface area contributed by atoms with Crippen LogP contribution in [0.2, 0.25) is 0 Å². The van der Waals surface area contributed by atoms with E-state index in [9.17, 15) is 22.8 Å². The van der Waals surface area contributed by atoms with Gasteiger partial charge in [0.15, 0.2) is 0 Å². The minimum Gasteiger partial charge on any atom is -0.465 e. The summed E-state index contributed by atoms with van der Waals surface area (Å²) < 4.78 is 33.7. The number of fused-ring (bicyclic) bond motifs is 1. The van der Waals surface area contributed by atoms with Crippen LogP contribution in [0.25, 0.3) is 10.9 Å². The van der Waals surface area contributed by atoms with E-state index < -0.39 is 21.8 Å². The number of aromatic amines is 1. The van der Waals surface area contributed by atoms with Crippen molar-refractivity contribution in [1.29, 1.82) is 0 Å². The first-order valence-corrected chi connectivity index (χ1v) is 18.9. The highest BCUT2D eigenvalue weighted by Gasteiger charge is 2.31. The van der Waals surface area contributed by atoms with E-state index in [-0.39, 0.29) is 33.9 Å². The molecule has 0 atom stereocenters. The number of carbonyl (C=O) groups is 3. The molecule has 0 spiro atoms. The molecule has 1 aliphatic rings. The summed E-state index contributed by atoms with van der Waals surface area (Å²) in [5.74, 6) is -1.11. The average Bonchev–Trinajstić information content (AvgIpc) is 3.54. The van der Waals surface area contributed by atoms with Gasteiger partial charge in [-0.05, 0) is 105 Å². The molecule has 0 saturated carbocycles. The van der Waals surface area contributed by atoms with Crippen LogP contribution in [0.5, 0.6) is 0 Å². The van der Waals surface area contributed by atoms with Gasteiger partial charge in [-0.25, -0.2) is 13.2 Å². The second-order valence-electron chi connectivity index (χ2n) is 12.8. The molecule has 0 aliphatic carbocycles. The van der Waals surface area contributed by atoms with Crippen LogP contribution in [0, 0.1) is 0 Å². The molecule has 12 heteroatoms.